The summed E-state index contributed by atoms with van der Waals surface area (Å²) in [6.45, 7) is -2.66. The molecule has 6 heteroatoms. The van der Waals surface area contributed by atoms with Crippen LogP contribution in [0.25, 0.3) is 0 Å². The molecule has 0 aromatic carbocycles. The molecular formula is C35H70O6. The molecule has 0 spiro atoms. The molecule has 0 heterocycles. The van der Waals surface area contributed by atoms with E-state index < -0.39 is 55.9 Å². The van der Waals surface area contributed by atoms with Crippen molar-refractivity contribution in [2.75, 3.05) is 39.6 Å². The molecule has 1 fully saturated rings. The minimum atomic E-state index is -1.39. The zero-order chi connectivity index (χ0) is 30.1. The molecule has 0 unspecified atom stereocenters. The van der Waals surface area contributed by atoms with E-state index in [1.54, 1.807) is 0 Å². The Morgan fingerprint density at radius 3 is 0.561 bits per heavy atom. The number of rotatable bonds is 6. The zero-order valence-electron chi connectivity index (χ0n) is 26.8. The second-order valence-corrected chi connectivity index (χ2v) is 13.6. The SMILES string of the molecule is OCC1(CO)CCCCCCCCCCCCCCCCCCCCCCCCCCC(CO)(CO)C1(CO)CO. The first-order valence-corrected chi connectivity index (χ1v) is 17.7. The highest BCUT2D eigenvalue weighted by molar-refractivity contribution is 5.08. The standard InChI is InChI=1S/C35H70O6/c36-27-33(28-37)25-23-21-19-17-15-13-11-9-7-5-3-1-2-4-6-8-10-12-14-16-18-20-22-24-26-34(29-38,30-39)35(33,31-40)32-41/h36-41H,1-32H2. The highest BCUT2D eigenvalue weighted by atomic mass is 16.3. The molecule has 0 aromatic heterocycles. The van der Waals surface area contributed by atoms with Gasteiger partial charge in [0, 0.05) is 16.2 Å². The Morgan fingerprint density at radius 1 is 0.244 bits per heavy atom. The molecule has 0 bridgehead atoms. The summed E-state index contributed by atoms with van der Waals surface area (Å²) in [7, 11) is 0. The smallest absolute Gasteiger partial charge is 0.0523 e. The number of hydrogen-bond acceptors (Lipinski definition) is 6. The van der Waals surface area contributed by atoms with Crippen molar-refractivity contribution in [2.45, 2.75) is 167 Å². The lowest BCUT2D eigenvalue weighted by Gasteiger charge is -2.57. The van der Waals surface area contributed by atoms with Crippen LogP contribution in [0.2, 0.25) is 0 Å². The quantitative estimate of drug-likeness (QED) is 0.198. The molecule has 0 saturated heterocycles. The second-order valence-electron chi connectivity index (χ2n) is 13.6. The van der Waals surface area contributed by atoms with Crippen LogP contribution in [0.15, 0.2) is 0 Å². The molecule has 6 nitrogen and oxygen atoms in total. The maximum absolute atomic E-state index is 10.7. The highest BCUT2D eigenvalue weighted by Crippen LogP contribution is 2.56. The highest BCUT2D eigenvalue weighted by Gasteiger charge is 2.61. The summed E-state index contributed by atoms with van der Waals surface area (Å²) in [4.78, 5) is 0. The van der Waals surface area contributed by atoms with Crippen molar-refractivity contribution in [3.8, 4) is 0 Å². The van der Waals surface area contributed by atoms with Crippen LogP contribution in [0, 0.1) is 16.2 Å². The van der Waals surface area contributed by atoms with Crippen molar-refractivity contribution >= 4 is 0 Å². The van der Waals surface area contributed by atoms with Gasteiger partial charge in [-0.15, -0.1) is 0 Å². The Bertz CT molecular complexity index is 525. The van der Waals surface area contributed by atoms with Gasteiger partial charge in [-0.2, -0.15) is 0 Å². The summed E-state index contributed by atoms with van der Waals surface area (Å²) in [6, 6.07) is 0. The zero-order valence-corrected chi connectivity index (χ0v) is 26.8. The summed E-state index contributed by atoms with van der Waals surface area (Å²) >= 11 is 0. The van der Waals surface area contributed by atoms with E-state index in [9.17, 15) is 30.6 Å². The Morgan fingerprint density at radius 2 is 0.415 bits per heavy atom. The first-order chi connectivity index (χ1) is 20.1. The summed E-state index contributed by atoms with van der Waals surface area (Å²) < 4.78 is 0. The molecule has 0 atom stereocenters. The van der Waals surface area contributed by atoms with Crippen molar-refractivity contribution in [1.82, 2.24) is 0 Å². The summed E-state index contributed by atoms with van der Waals surface area (Å²) in [5, 5.41) is 63.9. The van der Waals surface area contributed by atoms with E-state index in [0.29, 0.717) is 12.8 Å². The number of aliphatic hydroxyl groups excluding tert-OH is 6. The van der Waals surface area contributed by atoms with E-state index in [2.05, 4.69) is 0 Å². The van der Waals surface area contributed by atoms with Gasteiger partial charge in [-0.3, -0.25) is 0 Å². The molecule has 1 rings (SSSR count). The number of hydrogen-bond donors (Lipinski definition) is 6. The maximum atomic E-state index is 10.7. The average molecular weight is 587 g/mol. The molecule has 1 aliphatic rings. The monoisotopic (exact) mass is 587 g/mol. The minimum absolute atomic E-state index is 0.410. The van der Waals surface area contributed by atoms with Crippen molar-refractivity contribution in [1.29, 1.82) is 0 Å². The van der Waals surface area contributed by atoms with Gasteiger partial charge in [-0.1, -0.05) is 154 Å². The first-order valence-electron chi connectivity index (χ1n) is 17.7. The van der Waals surface area contributed by atoms with Crippen molar-refractivity contribution in [3.05, 3.63) is 0 Å². The van der Waals surface area contributed by atoms with E-state index >= 15 is 0 Å². The van der Waals surface area contributed by atoms with Gasteiger partial charge in [0.05, 0.1) is 39.6 Å². The van der Waals surface area contributed by atoms with E-state index in [-0.39, 0.29) is 0 Å². The van der Waals surface area contributed by atoms with Gasteiger partial charge < -0.3 is 30.6 Å². The topological polar surface area (TPSA) is 121 Å². The summed E-state index contributed by atoms with van der Waals surface area (Å²) in [5.41, 5.74) is -3.78. The molecule has 1 saturated carbocycles. The van der Waals surface area contributed by atoms with Crippen LogP contribution in [0.5, 0.6) is 0 Å². The molecule has 0 aliphatic heterocycles. The Labute approximate surface area is 253 Å². The van der Waals surface area contributed by atoms with E-state index in [1.165, 1.54) is 116 Å². The van der Waals surface area contributed by atoms with Gasteiger partial charge in [0.25, 0.3) is 0 Å². The van der Waals surface area contributed by atoms with Gasteiger partial charge in [0.2, 0.25) is 0 Å². The molecule has 0 amide bonds. The van der Waals surface area contributed by atoms with Crippen LogP contribution in [0.3, 0.4) is 0 Å². The van der Waals surface area contributed by atoms with Crippen LogP contribution < -0.4 is 0 Å². The van der Waals surface area contributed by atoms with Gasteiger partial charge in [-0.25, -0.2) is 0 Å². The second kappa shape index (κ2) is 24.1. The number of aliphatic hydroxyl groups is 6. The van der Waals surface area contributed by atoms with Gasteiger partial charge >= 0.3 is 0 Å². The lowest BCUT2D eigenvalue weighted by atomic mass is 9.49. The fourth-order valence-electron chi connectivity index (χ4n) is 7.60. The van der Waals surface area contributed by atoms with Crippen molar-refractivity contribution < 1.29 is 30.6 Å². The molecule has 246 valence electrons. The normalized spacial score (nSPS) is 24.4. The van der Waals surface area contributed by atoms with Crippen molar-refractivity contribution in [3.63, 3.8) is 0 Å². The summed E-state index contributed by atoms with van der Waals surface area (Å²) in [6.07, 6.45) is 30.3. The summed E-state index contributed by atoms with van der Waals surface area (Å²) in [5.74, 6) is 0. The predicted molar refractivity (Wildman–Crippen MR) is 170 cm³/mol. The third-order valence-electron chi connectivity index (χ3n) is 10.8. The van der Waals surface area contributed by atoms with Crippen LogP contribution in [-0.2, 0) is 0 Å². The fraction of sp³-hybridized carbons (Fsp3) is 1.00. The largest absolute Gasteiger partial charge is 0.396 e. The molecule has 1 aliphatic carbocycles. The molecule has 0 radical (unpaired) electrons. The third-order valence-corrected chi connectivity index (χ3v) is 10.8. The van der Waals surface area contributed by atoms with Gasteiger partial charge in [0.1, 0.15) is 0 Å². The minimum Gasteiger partial charge on any atom is -0.396 e. The van der Waals surface area contributed by atoms with Crippen LogP contribution in [0.1, 0.15) is 167 Å². The Kier molecular flexibility index (Phi) is 22.8. The Hall–Kier alpha value is -0.240. The third kappa shape index (κ3) is 12.7. The maximum Gasteiger partial charge on any atom is 0.0523 e. The lowest BCUT2D eigenvalue weighted by molar-refractivity contribution is -0.214. The van der Waals surface area contributed by atoms with Gasteiger partial charge in [-0.05, 0) is 12.8 Å². The van der Waals surface area contributed by atoms with Crippen LogP contribution >= 0.6 is 0 Å². The lowest BCUT2D eigenvalue weighted by Crippen LogP contribution is -2.64. The van der Waals surface area contributed by atoms with Crippen molar-refractivity contribution in [2.24, 2.45) is 16.2 Å². The van der Waals surface area contributed by atoms with Gasteiger partial charge in [0.15, 0.2) is 0 Å². The molecule has 6 N–H and O–H groups in total. The van der Waals surface area contributed by atoms with E-state index in [1.807, 2.05) is 0 Å². The van der Waals surface area contributed by atoms with E-state index in [4.69, 9.17) is 0 Å². The molecule has 41 heavy (non-hydrogen) atoms. The molecule has 0 aromatic rings. The van der Waals surface area contributed by atoms with E-state index in [0.717, 1.165) is 38.5 Å². The van der Waals surface area contributed by atoms with Crippen LogP contribution in [-0.4, -0.2) is 70.3 Å². The molecular weight excluding hydrogens is 516 g/mol. The average Bonchev–Trinajstić information content (AvgIpc) is 3.00. The fourth-order valence-corrected chi connectivity index (χ4v) is 7.60. The Balaban J connectivity index is 2.83. The predicted octanol–water partition coefficient (Wildman–Crippen LogP) is 7.06. The first kappa shape index (κ1) is 38.8. The van der Waals surface area contributed by atoms with Crippen LogP contribution in [0.4, 0.5) is 0 Å².